The molecule has 1 atom stereocenters. The minimum atomic E-state index is 0.681. The maximum Gasteiger partial charge on any atom is 0.0404 e. The van der Waals surface area contributed by atoms with E-state index in [-0.39, 0.29) is 0 Å². The van der Waals surface area contributed by atoms with E-state index in [0.29, 0.717) is 6.04 Å². The monoisotopic (exact) mass is 274 g/mol. The summed E-state index contributed by atoms with van der Waals surface area (Å²) in [5, 5.41) is 3.76. The van der Waals surface area contributed by atoms with Crippen molar-refractivity contribution < 1.29 is 0 Å². The maximum atomic E-state index is 4.45. The summed E-state index contributed by atoms with van der Waals surface area (Å²) in [7, 11) is 0. The molecule has 2 nitrogen and oxygen atoms in total. The molecule has 1 N–H and O–H groups in total. The highest BCUT2D eigenvalue weighted by Crippen LogP contribution is 2.28. The van der Waals surface area contributed by atoms with Crippen molar-refractivity contribution in [2.45, 2.75) is 70.8 Å². The topological polar surface area (TPSA) is 24.9 Å². The van der Waals surface area contributed by atoms with Gasteiger partial charge in [-0.05, 0) is 50.3 Å². The molecule has 0 aromatic carbocycles. The third-order valence-corrected chi connectivity index (χ3v) is 4.50. The standard InChI is InChI=1S/C18H30N2/c1-2-13-19-18(15-16-8-4-3-5-9-16)12-11-17-10-6-7-14-20-17/h6-7,10,14,16,18-19H,2-5,8-9,11-13,15H2,1H3. The van der Waals surface area contributed by atoms with E-state index in [1.807, 2.05) is 12.3 Å². The molecule has 0 radical (unpaired) electrons. The van der Waals surface area contributed by atoms with E-state index < -0.39 is 0 Å². The van der Waals surface area contributed by atoms with Crippen molar-refractivity contribution in [1.29, 1.82) is 0 Å². The highest BCUT2D eigenvalue weighted by Gasteiger charge is 2.18. The second kappa shape index (κ2) is 9.12. The normalized spacial score (nSPS) is 18.1. The summed E-state index contributed by atoms with van der Waals surface area (Å²) < 4.78 is 0. The third-order valence-electron chi connectivity index (χ3n) is 4.50. The largest absolute Gasteiger partial charge is 0.314 e. The first-order chi connectivity index (χ1) is 9.88. The average molecular weight is 274 g/mol. The van der Waals surface area contributed by atoms with Gasteiger partial charge in [0.2, 0.25) is 0 Å². The molecular formula is C18H30N2. The van der Waals surface area contributed by atoms with Gasteiger partial charge in [-0.15, -0.1) is 0 Å². The summed E-state index contributed by atoms with van der Waals surface area (Å²) in [6.07, 6.45) is 14.1. The molecule has 0 saturated heterocycles. The second-order valence-electron chi connectivity index (χ2n) is 6.25. The van der Waals surface area contributed by atoms with E-state index in [0.717, 1.165) is 18.9 Å². The number of nitrogens with zero attached hydrogens (tertiary/aromatic N) is 1. The van der Waals surface area contributed by atoms with Gasteiger partial charge < -0.3 is 5.32 Å². The molecule has 0 amide bonds. The molecule has 1 fully saturated rings. The first-order valence-corrected chi connectivity index (χ1v) is 8.51. The molecule has 1 aliphatic carbocycles. The molecule has 112 valence electrons. The number of rotatable bonds is 8. The van der Waals surface area contributed by atoms with Crippen LogP contribution in [0.4, 0.5) is 0 Å². The molecule has 0 spiro atoms. The fourth-order valence-corrected chi connectivity index (χ4v) is 3.35. The summed E-state index contributed by atoms with van der Waals surface area (Å²) in [6.45, 7) is 3.41. The zero-order valence-electron chi connectivity index (χ0n) is 13.0. The van der Waals surface area contributed by atoms with E-state index in [1.165, 1.54) is 57.1 Å². The molecule has 0 aliphatic heterocycles. The highest BCUT2D eigenvalue weighted by atomic mass is 14.9. The minimum Gasteiger partial charge on any atom is -0.314 e. The summed E-state index contributed by atoms with van der Waals surface area (Å²) in [5.74, 6) is 0.960. The molecule has 1 aromatic rings. The number of hydrogen-bond donors (Lipinski definition) is 1. The Labute approximate surface area is 124 Å². The number of nitrogens with one attached hydrogen (secondary N) is 1. The third kappa shape index (κ3) is 5.62. The van der Waals surface area contributed by atoms with Crippen molar-refractivity contribution in [3.8, 4) is 0 Å². The van der Waals surface area contributed by atoms with Gasteiger partial charge in [-0.3, -0.25) is 4.98 Å². The minimum absolute atomic E-state index is 0.681. The predicted molar refractivity (Wildman–Crippen MR) is 85.8 cm³/mol. The van der Waals surface area contributed by atoms with Crippen molar-refractivity contribution in [2.24, 2.45) is 5.92 Å². The van der Waals surface area contributed by atoms with E-state index in [4.69, 9.17) is 0 Å². The smallest absolute Gasteiger partial charge is 0.0404 e. The van der Waals surface area contributed by atoms with Crippen LogP contribution in [0.15, 0.2) is 24.4 Å². The molecule has 20 heavy (non-hydrogen) atoms. The van der Waals surface area contributed by atoms with Crippen molar-refractivity contribution in [2.75, 3.05) is 6.54 Å². The van der Waals surface area contributed by atoms with Gasteiger partial charge in [0.05, 0.1) is 0 Å². The lowest BCUT2D eigenvalue weighted by molar-refractivity contribution is 0.290. The number of hydrogen-bond acceptors (Lipinski definition) is 2. The Balaban J connectivity index is 1.79. The lowest BCUT2D eigenvalue weighted by Crippen LogP contribution is -2.33. The molecule has 2 heteroatoms. The SMILES string of the molecule is CCCNC(CCc1ccccn1)CC1CCCCC1. The quantitative estimate of drug-likeness (QED) is 0.762. The van der Waals surface area contributed by atoms with Crippen LogP contribution < -0.4 is 5.32 Å². The van der Waals surface area contributed by atoms with Gasteiger partial charge in [-0.25, -0.2) is 0 Å². The predicted octanol–water partition coefficient (Wildman–Crippen LogP) is 4.35. The molecule has 1 heterocycles. The van der Waals surface area contributed by atoms with Crippen LogP contribution in [0.25, 0.3) is 0 Å². The fraction of sp³-hybridized carbons (Fsp3) is 0.722. The summed E-state index contributed by atoms with van der Waals surface area (Å²) in [4.78, 5) is 4.45. The van der Waals surface area contributed by atoms with Gasteiger partial charge in [-0.2, -0.15) is 0 Å². The van der Waals surface area contributed by atoms with E-state index >= 15 is 0 Å². The summed E-state index contributed by atoms with van der Waals surface area (Å²) in [5.41, 5.74) is 1.24. The van der Waals surface area contributed by atoms with Gasteiger partial charge in [0.1, 0.15) is 0 Å². The van der Waals surface area contributed by atoms with Crippen LogP contribution in [0.2, 0.25) is 0 Å². The van der Waals surface area contributed by atoms with E-state index in [1.54, 1.807) is 0 Å². The molecule has 1 aliphatic rings. The van der Waals surface area contributed by atoms with Crippen LogP contribution in [0.1, 0.15) is 64.0 Å². The van der Waals surface area contributed by atoms with Crippen LogP contribution in [0.3, 0.4) is 0 Å². The molecular weight excluding hydrogens is 244 g/mol. The average Bonchev–Trinajstić information content (AvgIpc) is 2.52. The summed E-state index contributed by atoms with van der Waals surface area (Å²) >= 11 is 0. The van der Waals surface area contributed by atoms with Crippen LogP contribution in [-0.4, -0.2) is 17.6 Å². The summed E-state index contributed by atoms with van der Waals surface area (Å²) in [6, 6.07) is 6.92. The highest BCUT2D eigenvalue weighted by molar-refractivity contribution is 5.03. The Morgan fingerprint density at radius 1 is 1.25 bits per heavy atom. The Morgan fingerprint density at radius 3 is 2.80 bits per heavy atom. The van der Waals surface area contributed by atoms with E-state index in [9.17, 15) is 0 Å². The van der Waals surface area contributed by atoms with Crippen molar-refractivity contribution in [1.82, 2.24) is 10.3 Å². The molecule has 0 bridgehead atoms. The van der Waals surface area contributed by atoms with Crippen molar-refractivity contribution in [3.05, 3.63) is 30.1 Å². The van der Waals surface area contributed by atoms with E-state index in [2.05, 4.69) is 29.4 Å². The molecule has 1 aromatic heterocycles. The van der Waals surface area contributed by atoms with Crippen LogP contribution in [0.5, 0.6) is 0 Å². The molecule has 1 unspecified atom stereocenters. The second-order valence-corrected chi connectivity index (χ2v) is 6.25. The first kappa shape index (κ1) is 15.5. The number of pyridine rings is 1. The molecule has 2 rings (SSSR count). The van der Waals surface area contributed by atoms with Crippen molar-refractivity contribution in [3.63, 3.8) is 0 Å². The lowest BCUT2D eigenvalue weighted by atomic mass is 9.84. The number of aromatic nitrogens is 1. The zero-order valence-corrected chi connectivity index (χ0v) is 13.0. The fourth-order valence-electron chi connectivity index (χ4n) is 3.35. The maximum absolute atomic E-state index is 4.45. The van der Waals surface area contributed by atoms with Crippen LogP contribution >= 0.6 is 0 Å². The zero-order chi connectivity index (χ0) is 14.0. The van der Waals surface area contributed by atoms with Gasteiger partial charge in [0.25, 0.3) is 0 Å². The van der Waals surface area contributed by atoms with Gasteiger partial charge in [-0.1, -0.05) is 45.1 Å². The van der Waals surface area contributed by atoms with Gasteiger partial charge in [0, 0.05) is 17.9 Å². The van der Waals surface area contributed by atoms with Crippen LogP contribution in [-0.2, 0) is 6.42 Å². The first-order valence-electron chi connectivity index (χ1n) is 8.51. The van der Waals surface area contributed by atoms with Crippen molar-refractivity contribution >= 4 is 0 Å². The molecule has 1 saturated carbocycles. The van der Waals surface area contributed by atoms with Gasteiger partial charge in [0.15, 0.2) is 0 Å². The lowest BCUT2D eigenvalue weighted by Gasteiger charge is -2.27. The van der Waals surface area contributed by atoms with Crippen LogP contribution in [0, 0.1) is 5.92 Å². The van der Waals surface area contributed by atoms with Gasteiger partial charge >= 0.3 is 0 Å². The Kier molecular flexibility index (Phi) is 7.07. The number of aryl methyl sites for hydroxylation is 1. The Morgan fingerprint density at radius 2 is 2.10 bits per heavy atom. The Hall–Kier alpha value is -0.890. The Bertz CT molecular complexity index is 344.